The van der Waals surface area contributed by atoms with Gasteiger partial charge in [-0.1, -0.05) is 0 Å². The summed E-state index contributed by atoms with van der Waals surface area (Å²) in [4.78, 5) is 1.77. The summed E-state index contributed by atoms with van der Waals surface area (Å²) in [5, 5.41) is 19.3. The smallest absolute Gasteiger partial charge is 0.184 e. The molecule has 0 aromatic rings. The van der Waals surface area contributed by atoms with Crippen molar-refractivity contribution in [1.29, 1.82) is 0 Å². The summed E-state index contributed by atoms with van der Waals surface area (Å²) in [5.74, 6) is 0. The molecule has 1 aliphatic rings. The van der Waals surface area contributed by atoms with E-state index in [0.29, 0.717) is 0 Å². The van der Waals surface area contributed by atoms with Gasteiger partial charge in [-0.05, 0) is 14.1 Å². The first-order valence-corrected chi connectivity index (χ1v) is 4.25. The topological polar surface area (TPSA) is 62.2 Å². The van der Waals surface area contributed by atoms with Gasteiger partial charge in [-0.25, -0.2) is 0 Å². The van der Waals surface area contributed by atoms with Crippen molar-refractivity contribution in [2.45, 2.75) is 24.5 Å². The van der Waals surface area contributed by atoms with Crippen LogP contribution in [-0.2, 0) is 9.47 Å². The third-order valence-corrected chi connectivity index (χ3v) is 2.28. The van der Waals surface area contributed by atoms with Gasteiger partial charge in [0, 0.05) is 7.11 Å². The third-order valence-electron chi connectivity index (χ3n) is 2.28. The maximum absolute atomic E-state index is 9.72. The Morgan fingerprint density at radius 3 is 2.46 bits per heavy atom. The van der Waals surface area contributed by atoms with Gasteiger partial charge in [0.1, 0.15) is 6.10 Å². The SMILES string of the molecule is CO[C@@H]1OC[C@@H](O)[C@H](N(C)C)[C@H]1O. The molecule has 13 heavy (non-hydrogen) atoms. The van der Waals surface area contributed by atoms with Crippen molar-refractivity contribution < 1.29 is 19.7 Å². The van der Waals surface area contributed by atoms with Crippen molar-refractivity contribution in [2.24, 2.45) is 0 Å². The molecule has 0 unspecified atom stereocenters. The summed E-state index contributed by atoms with van der Waals surface area (Å²) in [6, 6.07) is -0.335. The molecule has 1 aliphatic heterocycles. The normalized spacial score (nSPS) is 41.1. The Balaban J connectivity index is 2.66. The van der Waals surface area contributed by atoms with Gasteiger partial charge in [0.2, 0.25) is 0 Å². The number of aliphatic hydroxyl groups is 2. The van der Waals surface area contributed by atoms with Crippen LogP contribution in [-0.4, -0.2) is 67.5 Å². The highest BCUT2D eigenvalue weighted by molar-refractivity contribution is 4.88. The van der Waals surface area contributed by atoms with Gasteiger partial charge in [0.25, 0.3) is 0 Å². The Labute approximate surface area is 77.9 Å². The molecule has 1 saturated heterocycles. The summed E-state index contributed by atoms with van der Waals surface area (Å²) in [7, 11) is 5.07. The van der Waals surface area contributed by atoms with E-state index in [2.05, 4.69) is 0 Å². The van der Waals surface area contributed by atoms with Gasteiger partial charge in [-0.2, -0.15) is 0 Å². The van der Waals surface area contributed by atoms with Gasteiger partial charge < -0.3 is 24.6 Å². The van der Waals surface area contributed by atoms with Crippen molar-refractivity contribution in [3.8, 4) is 0 Å². The predicted octanol–water partition coefficient (Wildman–Crippen LogP) is -1.36. The van der Waals surface area contributed by atoms with E-state index in [1.807, 2.05) is 0 Å². The Hall–Kier alpha value is -0.200. The van der Waals surface area contributed by atoms with Crippen LogP contribution in [0.2, 0.25) is 0 Å². The number of aliphatic hydroxyl groups excluding tert-OH is 2. The van der Waals surface area contributed by atoms with Crippen LogP contribution < -0.4 is 0 Å². The first kappa shape index (κ1) is 10.9. The van der Waals surface area contributed by atoms with E-state index in [1.54, 1.807) is 19.0 Å². The van der Waals surface area contributed by atoms with Crippen LogP contribution >= 0.6 is 0 Å². The first-order valence-electron chi connectivity index (χ1n) is 4.25. The Morgan fingerprint density at radius 2 is 2.00 bits per heavy atom. The molecule has 1 fully saturated rings. The van der Waals surface area contributed by atoms with Gasteiger partial charge >= 0.3 is 0 Å². The average molecular weight is 191 g/mol. The van der Waals surface area contributed by atoms with Gasteiger partial charge in [0.05, 0.1) is 18.8 Å². The highest BCUT2D eigenvalue weighted by Gasteiger charge is 2.39. The number of hydrogen-bond acceptors (Lipinski definition) is 5. The number of ether oxygens (including phenoxy) is 2. The Morgan fingerprint density at radius 1 is 1.38 bits per heavy atom. The molecule has 5 nitrogen and oxygen atoms in total. The minimum absolute atomic E-state index is 0.193. The van der Waals surface area contributed by atoms with E-state index in [1.165, 1.54) is 7.11 Å². The fourth-order valence-corrected chi connectivity index (χ4v) is 1.64. The van der Waals surface area contributed by atoms with E-state index >= 15 is 0 Å². The molecule has 0 aromatic carbocycles. The quantitative estimate of drug-likeness (QED) is 0.564. The second kappa shape index (κ2) is 4.34. The van der Waals surface area contributed by atoms with E-state index in [4.69, 9.17) is 9.47 Å². The second-order valence-corrected chi connectivity index (χ2v) is 3.45. The van der Waals surface area contributed by atoms with Crippen molar-refractivity contribution in [3.63, 3.8) is 0 Å². The molecule has 0 saturated carbocycles. The van der Waals surface area contributed by atoms with Gasteiger partial charge in [0.15, 0.2) is 6.29 Å². The standard InChI is InChI=1S/C8H17NO4/c1-9(2)6-5(10)4-13-8(12-3)7(6)11/h5-8,10-11H,4H2,1-3H3/t5-,6+,7-,8-/m1/s1. The van der Waals surface area contributed by atoms with Crippen LogP contribution in [0.5, 0.6) is 0 Å². The molecule has 0 aromatic heterocycles. The molecular weight excluding hydrogens is 174 g/mol. The Bertz CT molecular complexity index is 164. The highest BCUT2D eigenvalue weighted by Crippen LogP contribution is 2.19. The maximum atomic E-state index is 9.72. The molecule has 0 bridgehead atoms. The summed E-state index contributed by atoms with van der Waals surface area (Å²) < 4.78 is 10.0. The molecular formula is C8H17NO4. The van der Waals surface area contributed by atoms with Crippen molar-refractivity contribution in [1.82, 2.24) is 4.90 Å². The number of methoxy groups -OCH3 is 1. The molecule has 78 valence electrons. The molecule has 0 aliphatic carbocycles. The summed E-state index contributed by atoms with van der Waals surface area (Å²) >= 11 is 0. The van der Waals surface area contributed by atoms with E-state index < -0.39 is 18.5 Å². The van der Waals surface area contributed by atoms with Crippen LogP contribution in [0.4, 0.5) is 0 Å². The van der Waals surface area contributed by atoms with Crippen LogP contribution in [0.3, 0.4) is 0 Å². The maximum Gasteiger partial charge on any atom is 0.184 e. The molecule has 0 amide bonds. The minimum Gasteiger partial charge on any atom is -0.389 e. The number of likely N-dealkylation sites (N-methyl/N-ethyl adjacent to an activating group) is 1. The molecule has 5 heteroatoms. The van der Waals surface area contributed by atoms with E-state index in [-0.39, 0.29) is 12.6 Å². The summed E-state index contributed by atoms with van der Waals surface area (Å²) in [6.07, 6.45) is -2.13. The van der Waals surface area contributed by atoms with Crippen molar-refractivity contribution >= 4 is 0 Å². The lowest BCUT2D eigenvalue weighted by atomic mass is 10.0. The first-order chi connectivity index (χ1) is 6.07. The predicted molar refractivity (Wildman–Crippen MR) is 46.2 cm³/mol. The fraction of sp³-hybridized carbons (Fsp3) is 1.00. The van der Waals surface area contributed by atoms with E-state index in [9.17, 15) is 10.2 Å². The molecule has 2 N–H and O–H groups in total. The van der Waals surface area contributed by atoms with Gasteiger partial charge in [-0.3, -0.25) is 0 Å². The van der Waals surface area contributed by atoms with Crippen LogP contribution in [0, 0.1) is 0 Å². The summed E-state index contributed by atoms with van der Waals surface area (Å²) in [6.45, 7) is 0.193. The number of hydrogen-bond donors (Lipinski definition) is 2. The van der Waals surface area contributed by atoms with Gasteiger partial charge in [-0.15, -0.1) is 0 Å². The van der Waals surface area contributed by atoms with Crippen LogP contribution in [0.15, 0.2) is 0 Å². The third kappa shape index (κ3) is 2.18. The van der Waals surface area contributed by atoms with E-state index in [0.717, 1.165) is 0 Å². The number of nitrogens with zero attached hydrogens (tertiary/aromatic N) is 1. The monoisotopic (exact) mass is 191 g/mol. The largest absolute Gasteiger partial charge is 0.389 e. The minimum atomic E-state index is -0.816. The molecule has 1 rings (SSSR count). The Kier molecular flexibility index (Phi) is 3.63. The zero-order valence-corrected chi connectivity index (χ0v) is 8.17. The zero-order valence-electron chi connectivity index (χ0n) is 8.17. The average Bonchev–Trinajstić information content (AvgIpc) is 2.04. The second-order valence-electron chi connectivity index (χ2n) is 3.45. The molecule has 0 spiro atoms. The van der Waals surface area contributed by atoms with Crippen molar-refractivity contribution in [3.05, 3.63) is 0 Å². The zero-order chi connectivity index (χ0) is 10.0. The van der Waals surface area contributed by atoms with Crippen LogP contribution in [0.25, 0.3) is 0 Å². The molecule has 4 atom stereocenters. The fourth-order valence-electron chi connectivity index (χ4n) is 1.64. The molecule has 1 heterocycles. The number of rotatable bonds is 2. The lowest BCUT2D eigenvalue weighted by Crippen LogP contribution is -2.59. The van der Waals surface area contributed by atoms with Crippen molar-refractivity contribution in [2.75, 3.05) is 27.8 Å². The lowest BCUT2D eigenvalue weighted by molar-refractivity contribution is -0.247. The molecule has 0 radical (unpaired) electrons. The van der Waals surface area contributed by atoms with Crippen LogP contribution in [0.1, 0.15) is 0 Å². The lowest BCUT2D eigenvalue weighted by Gasteiger charge is -2.40. The highest BCUT2D eigenvalue weighted by atomic mass is 16.7. The summed E-state index contributed by atoms with van der Waals surface area (Å²) in [5.41, 5.74) is 0.